The van der Waals surface area contributed by atoms with Crippen LogP contribution in [0.4, 0.5) is 5.69 Å². The quantitative estimate of drug-likeness (QED) is 0.310. The molecule has 3 heterocycles. The number of fused-ring (bicyclic) bond motifs is 3. The van der Waals surface area contributed by atoms with Crippen molar-refractivity contribution in [1.82, 2.24) is 19.1 Å². The number of carbonyl (C=O) groups excluding carboxylic acids is 1. The van der Waals surface area contributed by atoms with Crippen LogP contribution in [0.3, 0.4) is 0 Å². The topological polar surface area (TPSA) is 64.7 Å². The number of amides is 1. The zero-order valence-corrected chi connectivity index (χ0v) is 21.0. The third kappa shape index (κ3) is 4.07. The van der Waals surface area contributed by atoms with Crippen LogP contribution in [-0.2, 0) is 13.0 Å². The van der Waals surface area contributed by atoms with Crippen LogP contribution in [0.5, 0.6) is 0 Å². The number of benzene rings is 3. The summed E-state index contributed by atoms with van der Waals surface area (Å²) in [5.41, 5.74) is 7.60. The molecule has 5 aromatic rings. The van der Waals surface area contributed by atoms with Crippen molar-refractivity contribution in [3.8, 4) is 5.69 Å². The van der Waals surface area contributed by atoms with Crippen molar-refractivity contribution in [3.05, 3.63) is 106 Å². The molecule has 0 saturated carbocycles. The Kier molecular flexibility index (Phi) is 5.61. The monoisotopic (exact) mass is 495 g/mol. The van der Waals surface area contributed by atoms with Crippen LogP contribution in [0.25, 0.3) is 16.7 Å². The highest BCUT2D eigenvalue weighted by atomic mass is 35.5. The van der Waals surface area contributed by atoms with Crippen LogP contribution in [0, 0.1) is 13.8 Å². The van der Waals surface area contributed by atoms with Crippen molar-refractivity contribution < 1.29 is 4.79 Å². The number of imidazole rings is 2. The molecule has 0 fully saturated rings. The van der Waals surface area contributed by atoms with E-state index in [-0.39, 0.29) is 11.8 Å². The molecule has 0 bridgehead atoms. The number of nitrogens with zero attached hydrogens (tertiary/aromatic N) is 4. The highest BCUT2D eigenvalue weighted by Crippen LogP contribution is 2.35. The summed E-state index contributed by atoms with van der Waals surface area (Å²) in [6, 6.07) is 19.9. The van der Waals surface area contributed by atoms with Gasteiger partial charge in [0.05, 0.1) is 33.6 Å². The minimum absolute atomic E-state index is 0.221. The predicted octanol–water partition coefficient (Wildman–Crippen LogP) is 6.47. The lowest BCUT2D eigenvalue weighted by atomic mass is 9.90. The molecule has 3 aromatic carbocycles. The molecule has 0 spiro atoms. The van der Waals surface area contributed by atoms with Crippen LogP contribution in [0.1, 0.15) is 45.3 Å². The maximum atomic E-state index is 13.3. The first-order chi connectivity index (χ1) is 17.5. The van der Waals surface area contributed by atoms with Crippen LogP contribution in [0.15, 0.2) is 73.2 Å². The summed E-state index contributed by atoms with van der Waals surface area (Å²) < 4.78 is 4.21. The molecule has 1 aliphatic heterocycles. The Morgan fingerprint density at radius 1 is 1.08 bits per heavy atom. The van der Waals surface area contributed by atoms with E-state index in [1.807, 2.05) is 42.0 Å². The van der Waals surface area contributed by atoms with E-state index in [2.05, 4.69) is 46.1 Å². The average molecular weight is 496 g/mol. The third-order valence-corrected chi connectivity index (χ3v) is 7.27. The number of anilines is 1. The van der Waals surface area contributed by atoms with Crippen molar-refractivity contribution in [2.24, 2.45) is 0 Å². The summed E-state index contributed by atoms with van der Waals surface area (Å²) in [5.74, 6) is 1.18. The van der Waals surface area contributed by atoms with Gasteiger partial charge in [0.2, 0.25) is 0 Å². The summed E-state index contributed by atoms with van der Waals surface area (Å²) in [6.45, 7) is 4.86. The van der Waals surface area contributed by atoms with Crippen molar-refractivity contribution in [2.45, 2.75) is 39.2 Å². The molecule has 0 aliphatic carbocycles. The molecule has 1 amide bonds. The third-order valence-electron chi connectivity index (χ3n) is 6.96. The second-order valence-electron chi connectivity index (χ2n) is 9.49. The van der Waals surface area contributed by atoms with Crippen LogP contribution < -0.4 is 5.32 Å². The molecule has 1 N–H and O–H groups in total. The first kappa shape index (κ1) is 22.6. The second kappa shape index (κ2) is 8.95. The van der Waals surface area contributed by atoms with Crippen molar-refractivity contribution in [2.75, 3.05) is 5.32 Å². The van der Waals surface area contributed by atoms with Gasteiger partial charge in [-0.3, -0.25) is 4.79 Å². The molecular weight excluding hydrogens is 470 g/mol. The van der Waals surface area contributed by atoms with Crippen LogP contribution in [-0.4, -0.2) is 25.0 Å². The number of para-hydroxylation sites is 1. The van der Waals surface area contributed by atoms with E-state index >= 15 is 0 Å². The number of rotatable bonds is 4. The number of hydrogen-bond donors (Lipinski definition) is 1. The Bertz CT molecular complexity index is 1620. The number of aromatic nitrogens is 4. The van der Waals surface area contributed by atoms with E-state index in [0.29, 0.717) is 10.6 Å². The van der Waals surface area contributed by atoms with Gasteiger partial charge in [-0.15, -0.1) is 0 Å². The minimum Gasteiger partial charge on any atom is -0.327 e. The molecule has 36 heavy (non-hydrogen) atoms. The lowest BCUT2D eigenvalue weighted by Gasteiger charge is -2.26. The Labute approximate surface area is 214 Å². The highest BCUT2D eigenvalue weighted by Gasteiger charge is 2.25. The number of aryl methyl sites for hydroxylation is 3. The Morgan fingerprint density at radius 3 is 2.75 bits per heavy atom. The number of halogens is 1. The summed E-state index contributed by atoms with van der Waals surface area (Å²) in [4.78, 5) is 22.4. The molecule has 6 nitrogen and oxygen atoms in total. The lowest BCUT2D eigenvalue weighted by Crippen LogP contribution is -2.21. The van der Waals surface area contributed by atoms with Gasteiger partial charge < -0.3 is 14.5 Å². The van der Waals surface area contributed by atoms with Gasteiger partial charge in [0.25, 0.3) is 5.91 Å². The summed E-state index contributed by atoms with van der Waals surface area (Å²) >= 11 is 6.54. The number of nitrogens with one attached hydrogen (secondary N) is 1. The SMILES string of the molecule is Cc1ccc2c(c1)nc1n2C[C@@H](c2ccccc2NC(=O)c2ccc(-n3cnc(C)c3)cc2Cl)CC1. The predicted molar refractivity (Wildman–Crippen MR) is 143 cm³/mol. The van der Waals surface area contributed by atoms with Crippen molar-refractivity contribution >= 4 is 34.2 Å². The molecule has 6 rings (SSSR count). The maximum absolute atomic E-state index is 13.3. The van der Waals surface area contributed by atoms with Crippen LogP contribution in [0.2, 0.25) is 5.02 Å². The van der Waals surface area contributed by atoms with Gasteiger partial charge in [0.1, 0.15) is 5.82 Å². The zero-order valence-electron chi connectivity index (χ0n) is 20.2. The van der Waals surface area contributed by atoms with Gasteiger partial charge in [-0.2, -0.15) is 0 Å². The molecule has 7 heteroatoms. The van der Waals surface area contributed by atoms with Gasteiger partial charge in [-0.1, -0.05) is 35.9 Å². The number of hydrogen-bond acceptors (Lipinski definition) is 3. The van der Waals surface area contributed by atoms with Crippen LogP contribution >= 0.6 is 11.6 Å². The number of carbonyl (C=O) groups is 1. The Morgan fingerprint density at radius 2 is 1.94 bits per heavy atom. The molecule has 0 unspecified atom stereocenters. The van der Waals surface area contributed by atoms with Gasteiger partial charge in [0.15, 0.2) is 0 Å². The average Bonchev–Trinajstić information content (AvgIpc) is 3.46. The largest absolute Gasteiger partial charge is 0.327 e. The maximum Gasteiger partial charge on any atom is 0.257 e. The van der Waals surface area contributed by atoms with Gasteiger partial charge in [-0.25, -0.2) is 9.97 Å². The lowest BCUT2D eigenvalue weighted by molar-refractivity contribution is 0.102. The Hall–Kier alpha value is -3.90. The summed E-state index contributed by atoms with van der Waals surface area (Å²) in [5, 5.41) is 3.52. The van der Waals surface area contributed by atoms with E-state index in [4.69, 9.17) is 16.6 Å². The van der Waals surface area contributed by atoms with E-state index in [0.717, 1.165) is 53.4 Å². The molecular formula is C29H26ClN5O. The molecule has 180 valence electrons. The normalized spacial score (nSPS) is 15.1. The molecule has 0 saturated heterocycles. The second-order valence-corrected chi connectivity index (χ2v) is 9.90. The van der Waals surface area contributed by atoms with Crippen molar-refractivity contribution in [3.63, 3.8) is 0 Å². The molecule has 1 aliphatic rings. The summed E-state index contributed by atoms with van der Waals surface area (Å²) in [7, 11) is 0. The van der Waals surface area contributed by atoms with E-state index < -0.39 is 0 Å². The molecule has 2 aromatic heterocycles. The van der Waals surface area contributed by atoms with Crippen molar-refractivity contribution in [1.29, 1.82) is 0 Å². The Balaban J connectivity index is 1.26. The fourth-order valence-electron chi connectivity index (χ4n) is 5.12. The summed E-state index contributed by atoms with van der Waals surface area (Å²) in [6.07, 6.45) is 5.54. The first-order valence-corrected chi connectivity index (χ1v) is 12.5. The van der Waals surface area contributed by atoms with Gasteiger partial charge in [-0.05, 0) is 67.8 Å². The smallest absolute Gasteiger partial charge is 0.257 e. The minimum atomic E-state index is -0.221. The molecule has 1 atom stereocenters. The van der Waals surface area contributed by atoms with E-state index in [1.54, 1.807) is 18.5 Å². The zero-order chi connectivity index (χ0) is 24.8. The van der Waals surface area contributed by atoms with E-state index in [1.165, 1.54) is 11.1 Å². The molecule has 0 radical (unpaired) electrons. The van der Waals surface area contributed by atoms with E-state index in [9.17, 15) is 4.79 Å². The standard InChI is InChI=1S/C29H26ClN5O/c1-18-7-11-27-26(13-18)32-28-12-8-20(16-35(27)28)22-5-3-4-6-25(22)33-29(36)23-10-9-21(14-24(23)30)34-15-19(2)31-17-34/h3-7,9-11,13-15,17,20H,8,12,16H2,1-2H3,(H,33,36)/t20-/m0/s1. The fraction of sp³-hybridized carbons (Fsp3) is 0.207. The fourth-order valence-corrected chi connectivity index (χ4v) is 5.38. The highest BCUT2D eigenvalue weighted by molar-refractivity contribution is 6.34. The van der Waals surface area contributed by atoms with Gasteiger partial charge >= 0.3 is 0 Å². The van der Waals surface area contributed by atoms with Gasteiger partial charge in [0, 0.05) is 36.5 Å². The first-order valence-electron chi connectivity index (χ1n) is 12.1.